The molecule has 2 aliphatic rings. The van der Waals surface area contributed by atoms with Crippen molar-refractivity contribution < 1.29 is 4.74 Å². The van der Waals surface area contributed by atoms with E-state index in [0.29, 0.717) is 0 Å². The maximum atomic E-state index is 5.47. The minimum atomic E-state index is 0.270. The van der Waals surface area contributed by atoms with Gasteiger partial charge in [-0.1, -0.05) is 12.8 Å². The summed E-state index contributed by atoms with van der Waals surface area (Å²) in [5, 5.41) is 3.71. The topological polar surface area (TPSA) is 21.3 Å². The fourth-order valence-corrected chi connectivity index (χ4v) is 3.54. The van der Waals surface area contributed by atoms with E-state index in [0.717, 1.165) is 31.0 Å². The average Bonchev–Trinajstić information content (AvgIpc) is 2.74. The molecule has 2 unspecified atom stereocenters. The summed E-state index contributed by atoms with van der Waals surface area (Å²) in [6.07, 6.45) is 8.42. The normalized spacial score (nSPS) is 30.8. The largest absolute Gasteiger partial charge is 0.381 e. The fraction of sp³-hybridized carbons (Fsp3) is 1.00. The first-order valence-corrected chi connectivity index (χ1v) is 7.87. The van der Waals surface area contributed by atoms with Crippen molar-refractivity contribution in [3.8, 4) is 0 Å². The number of hydrogen-bond acceptors (Lipinski definition) is 2. The number of nitrogens with one attached hydrogen (secondary N) is 1. The van der Waals surface area contributed by atoms with Crippen LogP contribution in [0.4, 0.5) is 0 Å². The minimum Gasteiger partial charge on any atom is -0.381 e. The molecule has 1 saturated heterocycles. The van der Waals surface area contributed by atoms with Crippen molar-refractivity contribution in [1.29, 1.82) is 0 Å². The molecule has 2 rings (SSSR count). The molecular weight excluding hydrogens is 222 g/mol. The third kappa shape index (κ3) is 4.55. The Bertz CT molecular complexity index is 240. The second-order valence-electron chi connectivity index (χ2n) is 7.37. The van der Waals surface area contributed by atoms with E-state index in [2.05, 4.69) is 26.1 Å². The zero-order valence-corrected chi connectivity index (χ0v) is 12.5. The van der Waals surface area contributed by atoms with E-state index < -0.39 is 0 Å². The SMILES string of the molecule is CC(C)(C)NCC1CCCC1CC1CCOCC1. The number of ether oxygens (including phenoxy) is 1. The van der Waals surface area contributed by atoms with Crippen LogP contribution in [-0.4, -0.2) is 25.3 Å². The van der Waals surface area contributed by atoms with Crippen molar-refractivity contribution in [2.24, 2.45) is 17.8 Å². The molecule has 0 radical (unpaired) electrons. The molecule has 2 atom stereocenters. The van der Waals surface area contributed by atoms with E-state index in [1.165, 1.54) is 45.1 Å². The van der Waals surface area contributed by atoms with E-state index in [9.17, 15) is 0 Å². The molecule has 0 aromatic heterocycles. The highest BCUT2D eigenvalue weighted by atomic mass is 16.5. The lowest BCUT2D eigenvalue weighted by Gasteiger charge is -2.30. The van der Waals surface area contributed by atoms with Crippen LogP contribution in [-0.2, 0) is 4.74 Å². The van der Waals surface area contributed by atoms with Gasteiger partial charge in [-0.3, -0.25) is 0 Å². The van der Waals surface area contributed by atoms with Gasteiger partial charge in [0.05, 0.1) is 0 Å². The summed E-state index contributed by atoms with van der Waals surface area (Å²) in [6, 6.07) is 0. The fourth-order valence-electron chi connectivity index (χ4n) is 3.54. The van der Waals surface area contributed by atoms with Crippen molar-refractivity contribution in [1.82, 2.24) is 5.32 Å². The van der Waals surface area contributed by atoms with Crippen molar-refractivity contribution in [3.63, 3.8) is 0 Å². The lowest BCUT2D eigenvalue weighted by Crippen LogP contribution is -2.40. The average molecular weight is 253 g/mol. The summed E-state index contributed by atoms with van der Waals surface area (Å²) in [4.78, 5) is 0. The van der Waals surface area contributed by atoms with Crippen LogP contribution in [0.5, 0.6) is 0 Å². The molecule has 0 aromatic carbocycles. The van der Waals surface area contributed by atoms with Crippen molar-refractivity contribution in [2.75, 3.05) is 19.8 Å². The Morgan fingerprint density at radius 1 is 1.00 bits per heavy atom. The van der Waals surface area contributed by atoms with Gasteiger partial charge in [-0.2, -0.15) is 0 Å². The molecule has 0 bridgehead atoms. The molecule has 0 amide bonds. The Morgan fingerprint density at radius 2 is 1.67 bits per heavy atom. The summed E-state index contributed by atoms with van der Waals surface area (Å²) in [7, 11) is 0. The second kappa shape index (κ2) is 6.38. The van der Waals surface area contributed by atoms with Crippen LogP contribution >= 0.6 is 0 Å². The van der Waals surface area contributed by atoms with Crippen molar-refractivity contribution in [2.45, 2.75) is 64.8 Å². The van der Waals surface area contributed by atoms with E-state index in [1.54, 1.807) is 0 Å². The van der Waals surface area contributed by atoms with Gasteiger partial charge in [-0.25, -0.2) is 0 Å². The van der Waals surface area contributed by atoms with E-state index in [4.69, 9.17) is 4.74 Å². The van der Waals surface area contributed by atoms with Crippen LogP contribution in [0.3, 0.4) is 0 Å². The molecule has 1 heterocycles. The van der Waals surface area contributed by atoms with Crippen LogP contribution in [0.25, 0.3) is 0 Å². The Labute approximate surface area is 113 Å². The van der Waals surface area contributed by atoms with Crippen LogP contribution in [0.1, 0.15) is 59.3 Å². The highest BCUT2D eigenvalue weighted by molar-refractivity contribution is 4.84. The molecule has 1 aliphatic carbocycles. The molecule has 1 N–H and O–H groups in total. The maximum Gasteiger partial charge on any atom is 0.0468 e. The zero-order chi connectivity index (χ0) is 13.0. The molecule has 0 aromatic rings. The summed E-state index contributed by atoms with van der Waals surface area (Å²) in [6.45, 7) is 10.0. The predicted molar refractivity (Wildman–Crippen MR) is 76.7 cm³/mol. The van der Waals surface area contributed by atoms with Crippen molar-refractivity contribution >= 4 is 0 Å². The van der Waals surface area contributed by atoms with Crippen LogP contribution < -0.4 is 5.32 Å². The lowest BCUT2D eigenvalue weighted by atomic mass is 9.83. The van der Waals surface area contributed by atoms with Gasteiger partial charge in [0, 0.05) is 18.8 Å². The maximum absolute atomic E-state index is 5.47. The Hall–Kier alpha value is -0.0800. The molecular formula is C16H31NO. The Morgan fingerprint density at radius 3 is 2.33 bits per heavy atom. The van der Waals surface area contributed by atoms with Gasteiger partial charge in [-0.05, 0) is 70.8 Å². The Balaban J connectivity index is 1.76. The first-order chi connectivity index (χ1) is 8.54. The highest BCUT2D eigenvalue weighted by Crippen LogP contribution is 2.38. The van der Waals surface area contributed by atoms with Gasteiger partial charge in [0.25, 0.3) is 0 Å². The van der Waals surface area contributed by atoms with E-state index in [1.807, 2.05) is 0 Å². The molecule has 1 saturated carbocycles. The van der Waals surface area contributed by atoms with Crippen LogP contribution in [0, 0.1) is 17.8 Å². The van der Waals surface area contributed by atoms with Gasteiger partial charge in [0.1, 0.15) is 0 Å². The monoisotopic (exact) mass is 253 g/mol. The summed E-state index contributed by atoms with van der Waals surface area (Å²) in [5.74, 6) is 2.84. The Kier molecular flexibility index (Phi) is 5.08. The predicted octanol–water partition coefficient (Wildman–Crippen LogP) is 3.61. The third-order valence-electron chi connectivity index (χ3n) is 4.69. The lowest BCUT2D eigenvalue weighted by molar-refractivity contribution is 0.0560. The zero-order valence-electron chi connectivity index (χ0n) is 12.5. The number of hydrogen-bond donors (Lipinski definition) is 1. The van der Waals surface area contributed by atoms with E-state index in [-0.39, 0.29) is 5.54 Å². The molecule has 2 fully saturated rings. The molecule has 106 valence electrons. The first-order valence-electron chi connectivity index (χ1n) is 7.87. The second-order valence-corrected chi connectivity index (χ2v) is 7.37. The van der Waals surface area contributed by atoms with Crippen LogP contribution in [0.2, 0.25) is 0 Å². The van der Waals surface area contributed by atoms with Gasteiger partial charge >= 0.3 is 0 Å². The summed E-state index contributed by atoms with van der Waals surface area (Å²) in [5.41, 5.74) is 0.270. The van der Waals surface area contributed by atoms with Crippen LogP contribution in [0.15, 0.2) is 0 Å². The standard InChI is InChI=1S/C16H31NO/c1-16(2,3)17-12-15-6-4-5-14(15)11-13-7-9-18-10-8-13/h13-15,17H,4-12H2,1-3H3. The molecule has 1 aliphatic heterocycles. The quantitative estimate of drug-likeness (QED) is 0.826. The van der Waals surface area contributed by atoms with Gasteiger partial charge < -0.3 is 10.1 Å². The van der Waals surface area contributed by atoms with E-state index >= 15 is 0 Å². The summed E-state index contributed by atoms with van der Waals surface area (Å²) < 4.78 is 5.47. The first kappa shape index (κ1) is 14.3. The number of rotatable bonds is 4. The van der Waals surface area contributed by atoms with Gasteiger partial charge in [-0.15, -0.1) is 0 Å². The van der Waals surface area contributed by atoms with Crippen molar-refractivity contribution in [3.05, 3.63) is 0 Å². The van der Waals surface area contributed by atoms with Gasteiger partial charge in [0.2, 0.25) is 0 Å². The molecule has 2 nitrogen and oxygen atoms in total. The van der Waals surface area contributed by atoms with Gasteiger partial charge in [0.15, 0.2) is 0 Å². The molecule has 18 heavy (non-hydrogen) atoms. The minimum absolute atomic E-state index is 0.270. The smallest absolute Gasteiger partial charge is 0.0468 e. The molecule has 2 heteroatoms. The summed E-state index contributed by atoms with van der Waals surface area (Å²) >= 11 is 0. The molecule has 0 spiro atoms. The third-order valence-corrected chi connectivity index (χ3v) is 4.69. The highest BCUT2D eigenvalue weighted by Gasteiger charge is 2.30.